The number of anilines is 1. The number of aromatic nitrogens is 4. The van der Waals surface area contributed by atoms with E-state index < -0.39 is 0 Å². The smallest absolute Gasteiger partial charge is 0.192 e. The highest BCUT2D eigenvalue weighted by molar-refractivity contribution is 5.71. The minimum atomic E-state index is 0.180. The van der Waals surface area contributed by atoms with E-state index >= 15 is 0 Å². The molecule has 23 heavy (non-hydrogen) atoms. The van der Waals surface area contributed by atoms with Gasteiger partial charge in [-0.15, -0.1) is 10.2 Å². The Labute approximate surface area is 133 Å². The Balaban J connectivity index is 1.78. The molecule has 1 aromatic carbocycles. The Morgan fingerprint density at radius 1 is 1.35 bits per heavy atom. The molecule has 1 atom stereocenters. The number of aryl methyl sites for hydroxylation is 1. The van der Waals surface area contributed by atoms with Crippen LogP contribution < -0.4 is 5.32 Å². The monoisotopic (exact) mass is 311 g/mol. The molecule has 1 fully saturated rings. The standard InChI is InChI=1S/C16H17N5O2/c1-10-2-3-12(13(22)8-10)15-20-19-14(16-17-5-6-21(15)16)18-11-4-7-23-9-11/h2-3,5-6,8,11,22H,4,7,9H2,1H3,(H,18,19). The summed E-state index contributed by atoms with van der Waals surface area (Å²) in [6, 6.07) is 5.71. The van der Waals surface area contributed by atoms with Gasteiger partial charge < -0.3 is 15.2 Å². The van der Waals surface area contributed by atoms with Crippen LogP contribution in [0.5, 0.6) is 5.75 Å². The number of phenols is 1. The largest absolute Gasteiger partial charge is 0.507 e. The van der Waals surface area contributed by atoms with Gasteiger partial charge in [0.2, 0.25) is 0 Å². The second-order valence-corrected chi connectivity index (χ2v) is 5.72. The second kappa shape index (κ2) is 5.51. The third-order valence-corrected chi connectivity index (χ3v) is 3.99. The summed E-state index contributed by atoms with van der Waals surface area (Å²) >= 11 is 0. The predicted molar refractivity (Wildman–Crippen MR) is 85.5 cm³/mol. The first-order valence-corrected chi connectivity index (χ1v) is 7.56. The van der Waals surface area contributed by atoms with Crippen LogP contribution in [0.2, 0.25) is 0 Å². The van der Waals surface area contributed by atoms with Crippen molar-refractivity contribution in [2.75, 3.05) is 18.5 Å². The molecule has 0 saturated carbocycles. The van der Waals surface area contributed by atoms with Crippen LogP contribution in [0.15, 0.2) is 30.6 Å². The van der Waals surface area contributed by atoms with Crippen molar-refractivity contribution in [3.63, 3.8) is 0 Å². The van der Waals surface area contributed by atoms with Crippen LogP contribution in [0.1, 0.15) is 12.0 Å². The molecule has 118 valence electrons. The van der Waals surface area contributed by atoms with Crippen molar-refractivity contribution in [3.05, 3.63) is 36.2 Å². The van der Waals surface area contributed by atoms with E-state index in [-0.39, 0.29) is 11.8 Å². The van der Waals surface area contributed by atoms with Crippen LogP contribution in [0, 0.1) is 6.92 Å². The van der Waals surface area contributed by atoms with E-state index in [9.17, 15) is 5.11 Å². The quantitative estimate of drug-likeness (QED) is 0.769. The molecule has 4 rings (SSSR count). The highest BCUT2D eigenvalue weighted by Gasteiger charge is 2.19. The van der Waals surface area contributed by atoms with E-state index in [0.717, 1.165) is 18.6 Å². The zero-order valence-corrected chi connectivity index (χ0v) is 12.7. The van der Waals surface area contributed by atoms with Crippen LogP contribution in [0.3, 0.4) is 0 Å². The molecule has 1 aliphatic heterocycles. The lowest BCUT2D eigenvalue weighted by Gasteiger charge is -2.13. The van der Waals surface area contributed by atoms with Crippen molar-refractivity contribution in [1.29, 1.82) is 0 Å². The molecule has 0 radical (unpaired) electrons. The molecular formula is C16H17N5O2. The predicted octanol–water partition coefficient (Wildman–Crippen LogP) is 2.01. The van der Waals surface area contributed by atoms with E-state index in [2.05, 4.69) is 20.5 Å². The van der Waals surface area contributed by atoms with Crippen LogP contribution >= 0.6 is 0 Å². The van der Waals surface area contributed by atoms with Gasteiger partial charge in [-0.2, -0.15) is 0 Å². The van der Waals surface area contributed by atoms with Gasteiger partial charge in [0.05, 0.1) is 18.2 Å². The molecule has 0 spiro atoms. The molecule has 7 heteroatoms. The number of benzene rings is 1. The zero-order chi connectivity index (χ0) is 15.8. The number of nitrogens with one attached hydrogen (secondary N) is 1. The number of rotatable bonds is 3. The normalized spacial score (nSPS) is 17.7. The zero-order valence-electron chi connectivity index (χ0n) is 12.7. The fourth-order valence-electron chi connectivity index (χ4n) is 2.79. The van der Waals surface area contributed by atoms with Gasteiger partial charge in [0.1, 0.15) is 5.75 Å². The van der Waals surface area contributed by atoms with Gasteiger partial charge in [-0.3, -0.25) is 4.40 Å². The molecule has 0 bridgehead atoms. The van der Waals surface area contributed by atoms with Crippen LogP contribution in [0.25, 0.3) is 17.0 Å². The van der Waals surface area contributed by atoms with Gasteiger partial charge in [-0.1, -0.05) is 6.07 Å². The maximum Gasteiger partial charge on any atom is 0.192 e. The summed E-state index contributed by atoms with van der Waals surface area (Å²) in [5, 5.41) is 22.1. The summed E-state index contributed by atoms with van der Waals surface area (Å²) in [6.07, 6.45) is 4.45. The Kier molecular flexibility index (Phi) is 3.34. The SMILES string of the molecule is Cc1ccc(-c2nnc(NC3CCOC3)c3nccn23)c(O)c1. The van der Waals surface area contributed by atoms with E-state index in [1.807, 2.05) is 29.7 Å². The Hall–Kier alpha value is -2.67. The van der Waals surface area contributed by atoms with Crippen LogP contribution in [-0.4, -0.2) is 43.9 Å². The minimum Gasteiger partial charge on any atom is -0.507 e. The highest BCUT2D eigenvalue weighted by Crippen LogP contribution is 2.29. The summed E-state index contributed by atoms with van der Waals surface area (Å²) < 4.78 is 7.20. The summed E-state index contributed by atoms with van der Waals surface area (Å²) in [5.74, 6) is 1.36. The maximum absolute atomic E-state index is 10.2. The minimum absolute atomic E-state index is 0.180. The lowest BCUT2D eigenvalue weighted by atomic mass is 10.1. The number of nitrogens with zero attached hydrogens (tertiary/aromatic N) is 4. The molecule has 2 aromatic heterocycles. The average molecular weight is 311 g/mol. The second-order valence-electron chi connectivity index (χ2n) is 5.72. The van der Waals surface area contributed by atoms with Gasteiger partial charge in [-0.05, 0) is 31.0 Å². The summed E-state index contributed by atoms with van der Waals surface area (Å²) in [5.41, 5.74) is 2.30. The summed E-state index contributed by atoms with van der Waals surface area (Å²) in [4.78, 5) is 4.37. The molecule has 0 amide bonds. The molecule has 0 aliphatic carbocycles. The van der Waals surface area contributed by atoms with Gasteiger partial charge in [0.25, 0.3) is 0 Å². The lowest BCUT2D eigenvalue weighted by molar-refractivity contribution is 0.195. The number of fused-ring (bicyclic) bond motifs is 1. The molecule has 3 heterocycles. The fraction of sp³-hybridized carbons (Fsp3) is 0.312. The molecular weight excluding hydrogens is 294 g/mol. The number of hydrogen-bond acceptors (Lipinski definition) is 6. The number of imidazole rings is 1. The Morgan fingerprint density at radius 2 is 2.26 bits per heavy atom. The molecule has 7 nitrogen and oxygen atoms in total. The molecule has 1 aliphatic rings. The first-order valence-electron chi connectivity index (χ1n) is 7.56. The van der Waals surface area contributed by atoms with Gasteiger partial charge in [0, 0.05) is 19.0 Å². The number of aromatic hydroxyl groups is 1. The van der Waals surface area contributed by atoms with Gasteiger partial charge in [0.15, 0.2) is 17.3 Å². The third kappa shape index (κ3) is 2.49. The Morgan fingerprint density at radius 3 is 3.04 bits per heavy atom. The van der Waals surface area contributed by atoms with Gasteiger partial charge in [-0.25, -0.2) is 4.98 Å². The number of ether oxygens (including phenoxy) is 1. The Bertz CT molecular complexity index is 855. The maximum atomic E-state index is 10.2. The summed E-state index contributed by atoms with van der Waals surface area (Å²) in [7, 11) is 0. The summed E-state index contributed by atoms with van der Waals surface area (Å²) in [6.45, 7) is 3.35. The molecule has 1 saturated heterocycles. The van der Waals surface area contributed by atoms with Crippen molar-refractivity contribution in [3.8, 4) is 17.1 Å². The molecule has 1 unspecified atom stereocenters. The average Bonchev–Trinajstić information content (AvgIpc) is 3.19. The van der Waals surface area contributed by atoms with E-state index in [4.69, 9.17) is 4.74 Å². The first kappa shape index (κ1) is 14.0. The lowest BCUT2D eigenvalue weighted by Crippen LogP contribution is -2.21. The van der Waals surface area contributed by atoms with Crippen molar-refractivity contribution in [2.45, 2.75) is 19.4 Å². The van der Waals surface area contributed by atoms with Gasteiger partial charge >= 0.3 is 0 Å². The molecule has 2 N–H and O–H groups in total. The number of phenolic OH excluding ortho intramolecular Hbond substituents is 1. The third-order valence-electron chi connectivity index (χ3n) is 3.99. The fourth-order valence-corrected chi connectivity index (χ4v) is 2.79. The van der Waals surface area contributed by atoms with Crippen molar-refractivity contribution < 1.29 is 9.84 Å². The van der Waals surface area contributed by atoms with Crippen molar-refractivity contribution >= 4 is 11.5 Å². The van der Waals surface area contributed by atoms with Crippen LogP contribution in [0.4, 0.5) is 5.82 Å². The highest BCUT2D eigenvalue weighted by atomic mass is 16.5. The first-order chi connectivity index (χ1) is 11.2. The van der Waals surface area contributed by atoms with Crippen molar-refractivity contribution in [2.24, 2.45) is 0 Å². The van der Waals surface area contributed by atoms with Crippen LogP contribution in [-0.2, 0) is 4.74 Å². The van der Waals surface area contributed by atoms with Crippen molar-refractivity contribution in [1.82, 2.24) is 19.6 Å². The number of hydrogen-bond donors (Lipinski definition) is 2. The van der Waals surface area contributed by atoms with E-state index in [0.29, 0.717) is 29.5 Å². The molecule has 3 aromatic rings. The topological polar surface area (TPSA) is 84.6 Å². The van der Waals surface area contributed by atoms with E-state index in [1.165, 1.54) is 0 Å². The van der Waals surface area contributed by atoms with E-state index in [1.54, 1.807) is 12.3 Å².